The standard InChI is InChI=1S/C14H29NO/c1-3-7-13(2)15-12-14(10-11-16)8-5-4-6-9-14/h13,15-16H,3-12H2,1-2H3. The van der Waals surface area contributed by atoms with Gasteiger partial charge in [0.25, 0.3) is 0 Å². The Bertz CT molecular complexity index is 170. The molecule has 1 saturated carbocycles. The van der Waals surface area contributed by atoms with Crippen LogP contribution in [0.4, 0.5) is 0 Å². The Hall–Kier alpha value is -0.0800. The monoisotopic (exact) mass is 227 g/mol. The quantitative estimate of drug-likeness (QED) is 0.700. The van der Waals surface area contributed by atoms with E-state index in [2.05, 4.69) is 19.2 Å². The van der Waals surface area contributed by atoms with Gasteiger partial charge >= 0.3 is 0 Å². The third-order valence-corrected chi connectivity index (χ3v) is 4.10. The molecule has 0 spiro atoms. The molecular weight excluding hydrogens is 198 g/mol. The van der Waals surface area contributed by atoms with Crippen LogP contribution in [-0.4, -0.2) is 24.3 Å². The third-order valence-electron chi connectivity index (χ3n) is 4.10. The molecule has 1 unspecified atom stereocenters. The van der Waals surface area contributed by atoms with Crippen molar-refractivity contribution in [2.45, 2.75) is 71.3 Å². The van der Waals surface area contributed by atoms with E-state index >= 15 is 0 Å². The molecule has 1 aliphatic carbocycles. The van der Waals surface area contributed by atoms with E-state index in [1.54, 1.807) is 0 Å². The number of aliphatic hydroxyl groups excluding tert-OH is 1. The number of hydrogen-bond acceptors (Lipinski definition) is 2. The molecular formula is C14H29NO. The Morgan fingerprint density at radius 3 is 2.50 bits per heavy atom. The molecule has 0 saturated heterocycles. The van der Waals surface area contributed by atoms with Gasteiger partial charge in [0.2, 0.25) is 0 Å². The maximum Gasteiger partial charge on any atom is 0.0436 e. The molecule has 0 heterocycles. The number of nitrogens with one attached hydrogen (secondary N) is 1. The molecule has 0 aromatic heterocycles. The van der Waals surface area contributed by atoms with Gasteiger partial charge in [0.1, 0.15) is 0 Å². The first-order chi connectivity index (χ1) is 7.72. The first kappa shape index (κ1) is 14.0. The average Bonchev–Trinajstić information content (AvgIpc) is 2.29. The smallest absolute Gasteiger partial charge is 0.0436 e. The predicted molar refractivity (Wildman–Crippen MR) is 69.6 cm³/mol. The second-order valence-electron chi connectivity index (χ2n) is 5.60. The van der Waals surface area contributed by atoms with Crippen LogP contribution in [0, 0.1) is 5.41 Å². The zero-order valence-electron chi connectivity index (χ0n) is 11.1. The van der Waals surface area contributed by atoms with Gasteiger partial charge in [0.15, 0.2) is 0 Å². The summed E-state index contributed by atoms with van der Waals surface area (Å²) in [5, 5.41) is 12.9. The topological polar surface area (TPSA) is 32.3 Å². The maximum atomic E-state index is 9.22. The van der Waals surface area contributed by atoms with Gasteiger partial charge in [-0.1, -0.05) is 32.6 Å². The summed E-state index contributed by atoms with van der Waals surface area (Å²) in [6.45, 7) is 5.97. The van der Waals surface area contributed by atoms with E-state index in [0.717, 1.165) is 13.0 Å². The third kappa shape index (κ3) is 4.42. The number of hydrogen-bond donors (Lipinski definition) is 2. The van der Waals surface area contributed by atoms with Crippen LogP contribution < -0.4 is 5.32 Å². The lowest BCUT2D eigenvalue weighted by molar-refractivity contribution is 0.122. The highest BCUT2D eigenvalue weighted by Gasteiger charge is 2.31. The molecule has 0 bridgehead atoms. The van der Waals surface area contributed by atoms with Crippen molar-refractivity contribution in [1.82, 2.24) is 5.32 Å². The molecule has 0 aromatic rings. The number of aliphatic hydroxyl groups is 1. The molecule has 2 heteroatoms. The normalized spacial score (nSPS) is 21.9. The molecule has 0 radical (unpaired) electrons. The fraction of sp³-hybridized carbons (Fsp3) is 1.00. The SMILES string of the molecule is CCCC(C)NCC1(CCO)CCCCC1. The minimum absolute atomic E-state index is 0.351. The Morgan fingerprint density at radius 1 is 1.25 bits per heavy atom. The van der Waals surface area contributed by atoms with E-state index in [-0.39, 0.29) is 0 Å². The molecule has 0 aliphatic heterocycles. The summed E-state index contributed by atoms with van der Waals surface area (Å²) in [5.74, 6) is 0. The van der Waals surface area contributed by atoms with E-state index in [1.807, 2.05) is 0 Å². The summed E-state index contributed by atoms with van der Waals surface area (Å²) in [7, 11) is 0. The van der Waals surface area contributed by atoms with Gasteiger partial charge in [0, 0.05) is 19.2 Å². The van der Waals surface area contributed by atoms with E-state index in [4.69, 9.17) is 0 Å². The van der Waals surface area contributed by atoms with Crippen molar-refractivity contribution in [2.24, 2.45) is 5.41 Å². The highest BCUT2D eigenvalue weighted by atomic mass is 16.3. The largest absolute Gasteiger partial charge is 0.396 e. The fourth-order valence-electron chi connectivity index (χ4n) is 2.98. The molecule has 1 atom stereocenters. The lowest BCUT2D eigenvalue weighted by atomic mass is 9.72. The van der Waals surface area contributed by atoms with E-state index in [0.29, 0.717) is 18.1 Å². The zero-order valence-corrected chi connectivity index (χ0v) is 11.1. The lowest BCUT2D eigenvalue weighted by Crippen LogP contribution is -2.40. The minimum atomic E-state index is 0.351. The lowest BCUT2D eigenvalue weighted by Gasteiger charge is -2.38. The summed E-state index contributed by atoms with van der Waals surface area (Å²) >= 11 is 0. The van der Waals surface area contributed by atoms with Crippen molar-refractivity contribution >= 4 is 0 Å². The van der Waals surface area contributed by atoms with Gasteiger partial charge in [-0.3, -0.25) is 0 Å². The molecule has 1 rings (SSSR count). The van der Waals surface area contributed by atoms with Gasteiger partial charge < -0.3 is 10.4 Å². The summed E-state index contributed by atoms with van der Waals surface area (Å²) in [6, 6.07) is 0.627. The van der Waals surface area contributed by atoms with Crippen molar-refractivity contribution in [3.05, 3.63) is 0 Å². The van der Waals surface area contributed by atoms with Crippen molar-refractivity contribution in [1.29, 1.82) is 0 Å². The Morgan fingerprint density at radius 2 is 1.94 bits per heavy atom. The summed E-state index contributed by atoms with van der Waals surface area (Å²) in [6.07, 6.45) is 10.2. The van der Waals surface area contributed by atoms with Crippen LogP contribution in [0.5, 0.6) is 0 Å². The van der Waals surface area contributed by atoms with E-state index < -0.39 is 0 Å². The highest BCUT2D eigenvalue weighted by Crippen LogP contribution is 2.38. The summed E-state index contributed by atoms with van der Waals surface area (Å²) in [4.78, 5) is 0. The zero-order chi connectivity index (χ0) is 11.9. The molecule has 0 amide bonds. The van der Waals surface area contributed by atoms with Crippen molar-refractivity contribution in [3.63, 3.8) is 0 Å². The van der Waals surface area contributed by atoms with E-state index in [1.165, 1.54) is 44.9 Å². The molecule has 1 aliphatic rings. The molecule has 2 nitrogen and oxygen atoms in total. The van der Waals surface area contributed by atoms with Crippen LogP contribution in [0.25, 0.3) is 0 Å². The summed E-state index contributed by atoms with van der Waals surface area (Å²) in [5.41, 5.74) is 0.398. The van der Waals surface area contributed by atoms with Gasteiger partial charge in [0.05, 0.1) is 0 Å². The van der Waals surface area contributed by atoms with Crippen molar-refractivity contribution in [3.8, 4) is 0 Å². The molecule has 96 valence electrons. The first-order valence-electron chi connectivity index (χ1n) is 7.07. The molecule has 2 N–H and O–H groups in total. The van der Waals surface area contributed by atoms with Gasteiger partial charge in [-0.15, -0.1) is 0 Å². The molecule has 1 fully saturated rings. The number of rotatable bonds is 7. The minimum Gasteiger partial charge on any atom is -0.396 e. The Labute approximate surface area is 101 Å². The van der Waals surface area contributed by atoms with Gasteiger partial charge in [-0.2, -0.15) is 0 Å². The average molecular weight is 227 g/mol. The Kier molecular flexibility index (Phi) is 6.37. The van der Waals surface area contributed by atoms with Crippen molar-refractivity contribution in [2.75, 3.05) is 13.2 Å². The maximum absolute atomic E-state index is 9.22. The van der Waals surface area contributed by atoms with Gasteiger partial charge in [-0.05, 0) is 38.0 Å². The predicted octanol–water partition coefficient (Wildman–Crippen LogP) is 3.10. The van der Waals surface area contributed by atoms with Crippen LogP contribution in [0.15, 0.2) is 0 Å². The Balaban J connectivity index is 2.37. The van der Waals surface area contributed by atoms with E-state index in [9.17, 15) is 5.11 Å². The van der Waals surface area contributed by atoms with Crippen LogP contribution >= 0.6 is 0 Å². The summed E-state index contributed by atoms with van der Waals surface area (Å²) < 4.78 is 0. The second-order valence-corrected chi connectivity index (χ2v) is 5.60. The first-order valence-corrected chi connectivity index (χ1v) is 7.07. The molecule has 16 heavy (non-hydrogen) atoms. The van der Waals surface area contributed by atoms with Crippen LogP contribution in [0.1, 0.15) is 65.2 Å². The van der Waals surface area contributed by atoms with Crippen LogP contribution in [-0.2, 0) is 0 Å². The highest BCUT2D eigenvalue weighted by molar-refractivity contribution is 4.85. The second kappa shape index (κ2) is 7.29. The fourth-order valence-corrected chi connectivity index (χ4v) is 2.98. The molecule has 0 aromatic carbocycles. The van der Waals surface area contributed by atoms with Gasteiger partial charge in [-0.25, -0.2) is 0 Å². The van der Waals surface area contributed by atoms with Crippen LogP contribution in [0.2, 0.25) is 0 Å². The van der Waals surface area contributed by atoms with Crippen LogP contribution in [0.3, 0.4) is 0 Å². The van der Waals surface area contributed by atoms with Crippen molar-refractivity contribution < 1.29 is 5.11 Å².